The van der Waals surface area contributed by atoms with Gasteiger partial charge in [0.1, 0.15) is 5.75 Å². The van der Waals surface area contributed by atoms with Crippen LogP contribution in [0.25, 0.3) is 16.9 Å². The van der Waals surface area contributed by atoms with E-state index in [1.165, 1.54) is 5.56 Å². The van der Waals surface area contributed by atoms with Crippen LogP contribution in [0, 0.1) is 0 Å². The SMILES string of the molecule is COc1ccc(-c2nn(-c3ccccc3)cc2CN2CCNCC2)cc1. The van der Waals surface area contributed by atoms with Crippen LogP contribution in [0.15, 0.2) is 60.8 Å². The van der Waals surface area contributed by atoms with Crippen molar-refractivity contribution in [3.8, 4) is 22.7 Å². The average Bonchev–Trinajstić information content (AvgIpc) is 3.13. The molecule has 3 aromatic rings. The second kappa shape index (κ2) is 7.72. The summed E-state index contributed by atoms with van der Waals surface area (Å²) in [5.41, 5.74) is 4.48. The summed E-state index contributed by atoms with van der Waals surface area (Å²) in [4.78, 5) is 2.48. The second-order valence-corrected chi connectivity index (χ2v) is 6.54. The first-order chi connectivity index (χ1) is 12.8. The van der Waals surface area contributed by atoms with E-state index in [4.69, 9.17) is 9.84 Å². The van der Waals surface area contributed by atoms with E-state index in [1.807, 2.05) is 35.0 Å². The van der Waals surface area contributed by atoms with Crippen LogP contribution in [0.4, 0.5) is 0 Å². The van der Waals surface area contributed by atoms with Crippen molar-refractivity contribution in [3.05, 3.63) is 66.4 Å². The minimum Gasteiger partial charge on any atom is -0.497 e. The van der Waals surface area contributed by atoms with Crippen LogP contribution < -0.4 is 10.1 Å². The van der Waals surface area contributed by atoms with E-state index >= 15 is 0 Å². The zero-order valence-electron chi connectivity index (χ0n) is 15.1. The van der Waals surface area contributed by atoms with Gasteiger partial charge in [-0.2, -0.15) is 5.10 Å². The van der Waals surface area contributed by atoms with E-state index in [2.05, 4.69) is 40.7 Å². The predicted octanol–water partition coefficient (Wildman–Crippen LogP) is 2.95. The van der Waals surface area contributed by atoms with Crippen LogP contribution >= 0.6 is 0 Å². The molecule has 5 nitrogen and oxygen atoms in total. The van der Waals surface area contributed by atoms with Crippen molar-refractivity contribution in [2.75, 3.05) is 33.3 Å². The van der Waals surface area contributed by atoms with Crippen molar-refractivity contribution in [2.45, 2.75) is 6.54 Å². The van der Waals surface area contributed by atoms with Gasteiger partial charge in [-0.25, -0.2) is 4.68 Å². The zero-order chi connectivity index (χ0) is 17.8. The molecule has 0 bridgehead atoms. The molecule has 2 aromatic carbocycles. The number of piperazine rings is 1. The summed E-state index contributed by atoms with van der Waals surface area (Å²) < 4.78 is 7.27. The molecule has 0 spiro atoms. The van der Waals surface area contributed by atoms with E-state index in [0.717, 1.165) is 55.4 Å². The first kappa shape index (κ1) is 16.8. The molecule has 0 atom stereocenters. The van der Waals surface area contributed by atoms with Crippen LogP contribution in [0.1, 0.15) is 5.56 Å². The Balaban J connectivity index is 1.70. The van der Waals surface area contributed by atoms with Gasteiger partial charge in [-0.05, 0) is 36.4 Å². The van der Waals surface area contributed by atoms with Crippen molar-refractivity contribution in [1.82, 2.24) is 20.0 Å². The third kappa shape index (κ3) is 3.64. The minimum absolute atomic E-state index is 0.861. The van der Waals surface area contributed by atoms with E-state index < -0.39 is 0 Å². The molecule has 0 amide bonds. The maximum atomic E-state index is 5.29. The van der Waals surface area contributed by atoms with E-state index in [-0.39, 0.29) is 0 Å². The van der Waals surface area contributed by atoms with Crippen LogP contribution in [-0.2, 0) is 6.54 Å². The van der Waals surface area contributed by atoms with Gasteiger partial charge in [-0.15, -0.1) is 0 Å². The molecule has 0 unspecified atom stereocenters. The zero-order valence-corrected chi connectivity index (χ0v) is 15.1. The first-order valence-electron chi connectivity index (χ1n) is 9.05. The van der Waals surface area contributed by atoms with Gasteiger partial charge in [0, 0.05) is 50.0 Å². The molecule has 5 heteroatoms. The molecular weight excluding hydrogens is 324 g/mol. The van der Waals surface area contributed by atoms with E-state index in [0.29, 0.717) is 0 Å². The van der Waals surface area contributed by atoms with Gasteiger partial charge in [0.25, 0.3) is 0 Å². The monoisotopic (exact) mass is 348 g/mol. The normalized spacial score (nSPS) is 15.1. The summed E-state index contributed by atoms with van der Waals surface area (Å²) in [6.07, 6.45) is 2.16. The number of hydrogen-bond donors (Lipinski definition) is 1. The van der Waals surface area contributed by atoms with Crippen molar-refractivity contribution in [1.29, 1.82) is 0 Å². The first-order valence-corrected chi connectivity index (χ1v) is 9.05. The second-order valence-electron chi connectivity index (χ2n) is 6.54. The Bertz CT molecular complexity index is 836. The Hall–Kier alpha value is -2.63. The molecule has 134 valence electrons. The quantitative estimate of drug-likeness (QED) is 0.770. The maximum absolute atomic E-state index is 5.29. The predicted molar refractivity (Wildman–Crippen MR) is 104 cm³/mol. The molecule has 0 saturated carbocycles. The van der Waals surface area contributed by atoms with Gasteiger partial charge in [-0.1, -0.05) is 18.2 Å². The molecule has 1 aliphatic heterocycles. The Morgan fingerprint density at radius 1 is 1.00 bits per heavy atom. The van der Waals surface area contributed by atoms with E-state index in [1.54, 1.807) is 7.11 Å². The molecule has 1 fully saturated rings. The lowest BCUT2D eigenvalue weighted by Gasteiger charge is -2.27. The van der Waals surface area contributed by atoms with Crippen LogP contribution in [0.3, 0.4) is 0 Å². The molecule has 1 N–H and O–H groups in total. The number of methoxy groups -OCH3 is 1. The molecule has 1 aliphatic rings. The van der Waals surface area contributed by atoms with Gasteiger partial charge in [0.05, 0.1) is 18.5 Å². The number of hydrogen-bond acceptors (Lipinski definition) is 4. The molecule has 4 rings (SSSR count). The largest absolute Gasteiger partial charge is 0.497 e. The lowest BCUT2D eigenvalue weighted by atomic mass is 10.1. The fourth-order valence-corrected chi connectivity index (χ4v) is 3.34. The number of nitrogens with zero attached hydrogens (tertiary/aromatic N) is 3. The lowest BCUT2D eigenvalue weighted by molar-refractivity contribution is 0.233. The Kier molecular flexibility index (Phi) is 5.00. The fourth-order valence-electron chi connectivity index (χ4n) is 3.34. The number of nitrogens with one attached hydrogen (secondary N) is 1. The Labute approximate surface area is 154 Å². The molecular formula is C21H24N4O. The maximum Gasteiger partial charge on any atom is 0.118 e. The van der Waals surface area contributed by atoms with Crippen molar-refractivity contribution >= 4 is 0 Å². The number of benzene rings is 2. The smallest absolute Gasteiger partial charge is 0.118 e. The highest BCUT2D eigenvalue weighted by molar-refractivity contribution is 5.64. The third-order valence-corrected chi connectivity index (χ3v) is 4.78. The number of para-hydroxylation sites is 1. The van der Waals surface area contributed by atoms with Gasteiger partial charge < -0.3 is 10.1 Å². The summed E-state index contributed by atoms with van der Waals surface area (Å²) in [5, 5.41) is 8.32. The van der Waals surface area contributed by atoms with Crippen molar-refractivity contribution in [2.24, 2.45) is 0 Å². The van der Waals surface area contributed by atoms with E-state index in [9.17, 15) is 0 Å². The van der Waals surface area contributed by atoms with Crippen LogP contribution in [0.2, 0.25) is 0 Å². The Morgan fingerprint density at radius 2 is 1.73 bits per heavy atom. The molecule has 0 aliphatic carbocycles. The summed E-state index contributed by atoms with van der Waals surface area (Å²) in [7, 11) is 1.69. The number of ether oxygens (including phenoxy) is 1. The standard InChI is InChI=1S/C21H24N4O/c1-26-20-9-7-17(8-10-20)21-18(15-24-13-11-22-12-14-24)16-25(23-21)19-5-3-2-4-6-19/h2-10,16,22H,11-15H2,1H3. The number of aromatic nitrogens is 2. The Morgan fingerprint density at radius 3 is 2.42 bits per heavy atom. The molecule has 1 saturated heterocycles. The van der Waals surface area contributed by atoms with Gasteiger partial charge in [0.15, 0.2) is 0 Å². The van der Waals surface area contributed by atoms with Crippen LogP contribution in [-0.4, -0.2) is 48.0 Å². The van der Waals surface area contributed by atoms with Crippen LogP contribution in [0.5, 0.6) is 5.75 Å². The molecule has 26 heavy (non-hydrogen) atoms. The number of rotatable bonds is 5. The minimum atomic E-state index is 0.861. The summed E-state index contributed by atoms with van der Waals surface area (Å²) in [6, 6.07) is 18.4. The topological polar surface area (TPSA) is 42.3 Å². The van der Waals surface area contributed by atoms with Crippen molar-refractivity contribution in [3.63, 3.8) is 0 Å². The molecule has 2 heterocycles. The summed E-state index contributed by atoms with van der Waals surface area (Å²) in [6.45, 7) is 5.14. The third-order valence-electron chi connectivity index (χ3n) is 4.78. The van der Waals surface area contributed by atoms with Gasteiger partial charge in [-0.3, -0.25) is 4.90 Å². The lowest BCUT2D eigenvalue weighted by Crippen LogP contribution is -2.42. The summed E-state index contributed by atoms with van der Waals surface area (Å²) in [5.74, 6) is 0.861. The highest BCUT2D eigenvalue weighted by Gasteiger charge is 2.17. The fraction of sp³-hybridized carbons (Fsp3) is 0.286. The summed E-state index contributed by atoms with van der Waals surface area (Å²) >= 11 is 0. The van der Waals surface area contributed by atoms with Crippen molar-refractivity contribution < 1.29 is 4.74 Å². The highest BCUT2D eigenvalue weighted by atomic mass is 16.5. The molecule has 1 aromatic heterocycles. The average molecular weight is 348 g/mol. The highest BCUT2D eigenvalue weighted by Crippen LogP contribution is 2.27. The van der Waals surface area contributed by atoms with Gasteiger partial charge in [0.2, 0.25) is 0 Å². The molecule has 0 radical (unpaired) electrons. The van der Waals surface area contributed by atoms with Gasteiger partial charge >= 0.3 is 0 Å².